The van der Waals surface area contributed by atoms with Gasteiger partial charge in [-0.3, -0.25) is 10.1 Å². The molecule has 11 heteroatoms. The van der Waals surface area contributed by atoms with E-state index in [1.807, 2.05) is 0 Å². The average molecular weight is 393 g/mol. The van der Waals surface area contributed by atoms with Gasteiger partial charge in [-0.15, -0.1) is 10.2 Å². The minimum Gasteiger partial charge on any atom is -0.296 e. The number of anilines is 1. The lowest BCUT2D eigenvalue weighted by Crippen LogP contribution is -2.26. The number of amides is 1. The van der Waals surface area contributed by atoms with Crippen LogP contribution in [-0.4, -0.2) is 30.6 Å². The maximum Gasteiger partial charge on any atom is 0.259 e. The maximum atomic E-state index is 12.3. The van der Waals surface area contributed by atoms with Crippen LogP contribution in [0.1, 0.15) is 23.2 Å². The first-order chi connectivity index (χ1) is 10.9. The van der Waals surface area contributed by atoms with Crippen LogP contribution in [0.4, 0.5) is 5.13 Å². The van der Waals surface area contributed by atoms with Crippen LogP contribution in [0.3, 0.4) is 0 Å². The van der Waals surface area contributed by atoms with Crippen LogP contribution in [0.5, 0.6) is 0 Å². The van der Waals surface area contributed by atoms with E-state index in [-0.39, 0.29) is 31.7 Å². The number of rotatable bonds is 5. The summed E-state index contributed by atoms with van der Waals surface area (Å²) in [5.74, 6) is -0.591. The average Bonchev–Trinajstić information content (AvgIpc) is 3.10. The van der Waals surface area contributed by atoms with Gasteiger partial charge in [0.2, 0.25) is 15.2 Å². The van der Waals surface area contributed by atoms with E-state index in [9.17, 15) is 13.2 Å². The van der Waals surface area contributed by atoms with E-state index in [4.69, 9.17) is 23.2 Å². The SMILES string of the molecule is O=C(Nc1nncs1)c1cc(S(=O)(=O)NC2CC2)c(Cl)cc1Cl. The molecule has 0 saturated heterocycles. The third kappa shape index (κ3) is 3.81. The predicted molar refractivity (Wildman–Crippen MR) is 87.7 cm³/mol. The molecular weight excluding hydrogens is 383 g/mol. The maximum absolute atomic E-state index is 12.3. The second-order valence-electron chi connectivity index (χ2n) is 4.86. The van der Waals surface area contributed by atoms with Gasteiger partial charge in [-0.05, 0) is 25.0 Å². The highest BCUT2D eigenvalue weighted by Gasteiger charge is 2.30. The number of nitrogens with one attached hydrogen (secondary N) is 2. The van der Waals surface area contributed by atoms with Gasteiger partial charge in [0.1, 0.15) is 10.4 Å². The van der Waals surface area contributed by atoms with Crippen LogP contribution >= 0.6 is 34.5 Å². The highest BCUT2D eigenvalue weighted by atomic mass is 35.5. The van der Waals surface area contributed by atoms with Crippen LogP contribution in [0.15, 0.2) is 22.5 Å². The zero-order valence-electron chi connectivity index (χ0n) is 11.4. The van der Waals surface area contributed by atoms with Crippen molar-refractivity contribution in [1.29, 1.82) is 0 Å². The highest BCUT2D eigenvalue weighted by molar-refractivity contribution is 7.89. The molecular formula is C12H10Cl2N4O3S2. The van der Waals surface area contributed by atoms with Crippen molar-refractivity contribution in [2.75, 3.05) is 5.32 Å². The number of halogens is 2. The summed E-state index contributed by atoms with van der Waals surface area (Å²) in [6, 6.07) is 2.32. The zero-order valence-corrected chi connectivity index (χ0v) is 14.6. The highest BCUT2D eigenvalue weighted by Crippen LogP contribution is 2.31. The molecule has 7 nitrogen and oxygen atoms in total. The molecule has 0 bridgehead atoms. The Morgan fingerprint density at radius 1 is 1.26 bits per heavy atom. The summed E-state index contributed by atoms with van der Waals surface area (Å²) in [7, 11) is -3.81. The summed E-state index contributed by atoms with van der Waals surface area (Å²) in [6.45, 7) is 0. The van der Waals surface area contributed by atoms with Gasteiger partial charge in [-0.25, -0.2) is 13.1 Å². The largest absolute Gasteiger partial charge is 0.296 e. The van der Waals surface area contributed by atoms with E-state index in [0.29, 0.717) is 0 Å². The molecule has 1 fully saturated rings. The number of carbonyl (C=O) groups is 1. The van der Waals surface area contributed by atoms with Crippen LogP contribution in [-0.2, 0) is 10.0 Å². The van der Waals surface area contributed by atoms with Crippen molar-refractivity contribution in [1.82, 2.24) is 14.9 Å². The third-order valence-electron chi connectivity index (χ3n) is 3.04. The number of sulfonamides is 1. The molecule has 1 aromatic heterocycles. The molecule has 1 amide bonds. The lowest BCUT2D eigenvalue weighted by molar-refractivity contribution is 0.102. The van der Waals surface area contributed by atoms with Gasteiger partial charge in [0.25, 0.3) is 5.91 Å². The fraction of sp³-hybridized carbons (Fsp3) is 0.250. The minimum absolute atomic E-state index is 0.0116. The molecule has 122 valence electrons. The fourth-order valence-corrected chi connectivity index (χ4v) is 4.39. The lowest BCUT2D eigenvalue weighted by Gasteiger charge is -2.11. The normalized spacial score (nSPS) is 14.7. The quantitative estimate of drug-likeness (QED) is 0.813. The molecule has 1 aliphatic rings. The number of carbonyl (C=O) groups excluding carboxylic acids is 1. The first-order valence-corrected chi connectivity index (χ1v) is 9.57. The first-order valence-electron chi connectivity index (χ1n) is 6.46. The topological polar surface area (TPSA) is 101 Å². The first kappa shape index (κ1) is 16.6. The van der Waals surface area contributed by atoms with Crippen LogP contribution < -0.4 is 10.0 Å². The Morgan fingerprint density at radius 2 is 2.00 bits per heavy atom. The smallest absolute Gasteiger partial charge is 0.259 e. The minimum atomic E-state index is -3.81. The van der Waals surface area contributed by atoms with Crippen molar-refractivity contribution in [3.63, 3.8) is 0 Å². The Bertz CT molecular complexity index is 851. The summed E-state index contributed by atoms with van der Waals surface area (Å²) >= 11 is 13.1. The Morgan fingerprint density at radius 3 is 2.61 bits per heavy atom. The molecule has 2 N–H and O–H groups in total. The van der Waals surface area contributed by atoms with Crippen molar-refractivity contribution in [2.24, 2.45) is 0 Å². The zero-order chi connectivity index (χ0) is 16.6. The molecule has 0 unspecified atom stereocenters. The molecule has 1 heterocycles. The van der Waals surface area contributed by atoms with E-state index in [0.717, 1.165) is 30.2 Å². The van der Waals surface area contributed by atoms with Gasteiger partial charge >= 0.3 is 0 Å². The molecule has 23 heavy (non-hydrogen) atoms. The van der Waals surface area contributed by atoms with Gasteiger partial charge < -0.3 is 0 Å². The Balaban J connectivity index is 1.94. The monoisotopic (exact) mass is 392 g/mol. The Hall–Kier alpha value is -1.26. The van der Waals surface area contributed by atoms with E-state index in [2.05, 4.69) is 20.2 Å². The second-order valence-corrected chi connectivity index (χ2v) is 8.19. The fourth-order valence-electron chi connectivity index (χ4n) is 1.79. The summed E-state index contributed by atoms with van der Waals surface area (Å²) in [5, 5.41) is 10.1. The Kier molecular flexibility index (Phi) is 4.56. The second kappa shape index (κ2) is 6.33. The van der Waals surface area contributed by atoms with Gasteiger partial charge in [0.15, 0.2) is 0 Å². The van der Waals surface area contributed by atoms with E-state index in [1.165, 1.54) is 11.6 Å². The molecule has 0 radical (unpaired) electrons. The van der Waals surface area contributed by atoms with Crippen molar-refractivity contribution in [3.05, 3.63) is 33.3 Å². The van der Waals surface area contributed by atoms with Crippen molar-refractivity contribution < 1.29 is 13.2 Å². The molecule has 1 saturated carbocycles. The molecule has 0 aliphatic heterocycles. The lowest BCUT2D eigenvalue weighted by atomic mass is 10.2. The Labute approximate surface area is 146 Å². The van der Waals surface area contributed by atoms with E-state index < -0.39 is 15.9 Å². The summed E-state index contributed by atoms with van der Waals surface area (Å²) in [4.78, 5) is 12.1. The van der Waals surface area contributed by atoms with Gasteiger partial charge in [0, 0.05) is 6.04 Å². The van der Waals surface area contributed by atoms with Crippen LogP contribution in [0, 0.1) is 0 Å². The van der Waals surface area contributed by atoms with Crippen LogP contribution in [0.2, 0.25) is 10.0 Å². The number of nitrogens with zero attached hydrogens (tertiary/aromatic N) is 2. The van der Waals surface area contributed by atoms with Gasteiger partial charge in [0.05, 0.1) is 15.6 Å². The van der Waals surface area contributed by atoms with Gasteiger partial charge in [-0.2, -0.15) is 0 Å². The molecule has 0 atom stereocenters. The number of benzene rings is 1. The summed E-state index contributed by atoms with van der Waals surface area (Å²) in [6.07, 6.45) is 1.57. The molecule has 1 aliphatic carbocycles. The standard InChI is InChI=1S/C12H10Cl2N4O3S2/c13-8-4-9(14)10(23(20,21)18-6-1-2-6)3-7(8)11(19)16-12-17-15-5-22-12/h3-6,18H,1-2H2,(H,16,17,19). The van der Waals surface area contributed by atoms with E-state index in [1.54, 1.807) is 0 Å². The van der Waals surface area contributed by atoms with Crippen molar-refractivity contribution in [3.8, 4) is 0 Å². The van der Waals surface area contributed by atoms with Crippen molar-refractivity contribution >= 4 is 55.6 Å². The number of hydrogen-bond donors (Lipinski definition) is 2. The third-order valence-corrected chi connectivity index (χ3v) is 5.94. The van der Waals surface area contributed by atoms with Crippen LogP contribution in [0.25, 0.3) is 0 Å². The van der Waals surface area contributed by atoms with E-state index >= 15 is 0 Å². The number of aromatic nitrogens is 2. The predicted octanol–water partition coefficient (Wildman–Crippen LogP) is 2.54. The van der Waals surface area contributed by atoms with Gasteiger partial charge in [-0.1, -0.05) is 34.5 Å². The van der Waals surface area contributed by atoms with Crippen molar-refractivity contribution in [2.45, 2.75) is 23.8 Å². The molecule has 2 aromatic rings. The summed E-state index contributed by atoms with van der Waals surface area (Å²) in [5.41, 5.74) is 1.44. The molecule has 1 aromatic carbocycles. The number of hydrogen-bond acceptors (Lipinski definition) is 6. The molecule has 0 spiro atoms. The summed E-state index contributed by atoms with van der Waals surface area (Å²) < 4.78 is 27.1. The molecule has 3 rings (SSSR count).